The highest BCUT2D eigenvalue weighted by atomic mass is 16.5. The van der Waals surface area contributed by atoms with E-state index in [1.54, 1.807) is 0 Å². The number of nitrogens with two attached hydrogens (primary N) is 1. The highest BCUT2D eigenvalue weighted by molar-refractivity contribution is 5.36. The molecule has 3 nitrogen and oxygen atoms in total. The SMILES string of the molecule is CCOc1ccccc1C(N)CN1CCC(CC)(CC)C1. The van der Waals surface area contributed by atoms with Gasteiger partial charge in [-0.2, -0.15) is 0 Å². The van der Waals surface area contributed by atoms with E-state index in [4.69, 9.17) is 10.5 Å². The summed E-state index contributed by atoms with van der Waals surface area (Å²) in [6.45, 7) is 10.6. The lowest BCUT2D eigenvalue weighted by atomic mass is 9.82. The van der Waals surface area contributed by atoms with E-state index in [1.807, 2.05) is 25.1 Å². The lowest BCUT2D eigenvalue weighted by Gasteiger charge is -2.28. The minimum Gasteiger partial charge on any atom is -0.494 e. The first-order valence-corrected chi connectivity index (χ1v) is 8.33. The molecular formula is C18H30N2O. The van der Waals surface area contributed by atoms with Crippen LogP contribution in [0.1, 0.15) is 51.6 Å². The van der Waals surface area contributed by atoms with Gasteiger partial charge in [-0.15, -0.1) is 0 Å². The summed E-state index contributed by atoms with van der Waals surface area (Å²) >= 11 is 0. The monoisotopic (exact) mass is 290 g/mol. The van der Waals surface area contributed by atoms with Crippen molar-refractivity contribution < 1.29 is 4.74 Å². The van der Waals surface area contributed by atoms with Crippen molar-refractivity contribution in [1.82, 2.24) is 4.90 Å². The summed E-state index contributed by atoms with van der Waals surface area (Å²) in [5.74, 6) is 0.934. The lowest BCUT2D eigenvalue weighted by Crippen LogP contribution is -2.33. The van der Waals surface area contributed by atoms with Gasteiger partial charge in [-0.25, -0.2) is 0 Å². The topological polar surface area (TPSA) is 38.5 Å². The van der Waals surface area contributed by atoms with Crippen LogP contribution >= 0.6 is 0 Å². The summed E-state index contributed by atoms with van der Waals surface area (Å²) in [4.78, 5) is 2.53. The van der Waals surface area contributed by atoms with Gasteiger partial charge in [0, 0.05) is 24.7 Å². The average Bonchev–Trinajstić information content (AvgIpc) is 2.92. The minimum absolute atomic E-state index is 0.0252. The Labute approximate surface area is 129 Å². The van der Waals surface area contributed by atoms with Crippen molar-refractivity contribution in [2.45, 2.75) is 46.1 Å². The molecule has 0 aliphatic carbocycles. The summed E-state index contributed by atoms with van der Waals surface area (Å²) < 4.78 is 5.71. The number of hydrogen-bond acceptors (Lipinski definition) is 3. The Balaban J connectivity index is 2.01. The van der Waals surface area contributed by atoms with Crippen molar-refractivity contribution >= 4 is 0 Å². The van der Waals surface area contributed by atoms with Gasteiger partial charge in [0.05, 0.1) is 6.61 Å². The third kappa shape index (κ3) is 3.78. The molecule has 0 spiro atoms. The lowest BCUT2D eigenvalue weighted by molar-refractivity contribution is 0.232. The van der Waals surface area contributed by atoms with Crippen LogP contribution in [0.3, 0.4) is 0 Å². The number of benzene rings is 1. The molecule has 1 unspecified atom stereocenters. The minimum atomic E-state index is 0.0252. The van der Waals surface area contributed by atoms with E-state index in [0.29, 0.717) is 12.0 Å². The summed E-state index contributed by atoms with van der Waals surface area (Å²) in [5, 5.41) is 0. The van der Waals surface area contributed by atoms with Crippen LogP contribution in [0, 0.1) is 5.41 Å². The summed E-state index contributed by atoms with van der Waals surface area (Å²) in [6.07, 6.45) is 3.84. The molecule has 2 N–H and O–H groups in total. The average molecular weight is 290 g/mol. The Kier molecular flexibility index (Phi) is 5.65. The molecule has 0 aromatic heterocycles. The number of nitrogens with zero attached hydrogens (tertiary/aromatic N) is 1. The number of ether oxygens (including phenoxy) is 1. The number of para-hydroxylation sites is 1. The van der Waals surface area contributed by atoms with Gasteiger partial charge in [0.1, 0.15) is 5.75 Å². The van der Waals surface area contributed by atoms with Crippen molar-refractivity contribution in [2.75, 3.05) is 26.2 Å². The maximum Gasteiger partial charge on any atom is 0.124 e. The largest absolute Gasteiger partial charge is 0.494 e. The molecule has 1 aromatic rings. The Bertz CT molecular complexity index is 443. The second-order valence-electron chi connectivity index (χ2n) is 6.27. The standard InChI is InChI=1S/C18H30N2O/c1-4-18(5-2)11-12-20(14-18)13-16(19)15-9-7-8-10-17(15)21-6-3/h7-10,16H,4-6,11-14,19H2,1-3H3. The Hall–Kier alpha value is -1.06. The first kappa shape index (κ1) is 16.3. The second-order valence-corrected chi connectivity index (χ2v) is 6.27. The van der Waals surface area contributed by atoms with E-state index in [0.717, 1.165) is 17.9 Å². The van der Waals surface area contributed by atoms with Crippen molar-refractivity contribution in [3.05, 3.63) is 29.8 Å². The number of likely N-dealkylation sites (tertiary alicyclic amines) is 1. The van der Waals surface area contributed by atoms with E-state index in [9.17, 15) is 0 Å². The first-order chi connectivity index (χ1) is 10.1. The van der Waals surface area contributed by atoms with Gasteiger partial charge in [0.15, 0.2) is 0 Å². The van der Waals surface area contributed by atoms with Gasteiger partial charge < -0.3 is 15.4 Å². The fourth-order valence-electron chi connectivity index (χ4n) is 3.46. The van der Waals surface area contributed by atoms with Crippen molar-refractivity contribution in [3.8, 4) is 5.75 Å². The van der Waals surface area contributed by atoms with Crippen LogP contribution in [0.2, 0.25) is 0 Å². The van der Waals surface area contributed by atoms with Crippen LogP contribution in [-0.2, 0) is 0 Å². The molecule has 0 saturated carbocycles. The summed E-state index contributed by atoms with van der Waals surface area (Å²) in [6, 6.07) is 8.20. The molecule has 3 heteroatoms. The molecule has 1 saturated heterocycles. The predicted octanol–water partition coefficient (Wildman–Crippen LogP) is 3.60. The zero-order valence-electron chi connectivity index (χ0n) is 13.8. The first-order valence-electron chi connectivity index (χ1n) is 8.33. The molecule has 1 heterocycles. The van der Waals surface area contributed by atoms with Gasteiger partial charge >= 0.3 is 0 Å². The normalized spacial score (nSPS) is 19.6. The molecule has 118 valence electrons. The Morgan fingerprint density at radius 1 is 1.24 bits per heavy atom. The molecule has 0 radical (unpaired) electrons. The maximum atomic E-state index is 6.46. The molecule has 21 heavy (non-hydrogen) atoms. The molecule has 0 amide bonds. The quantitative estimate of drug-likeness (QED) is 0.834. The van der Waals surface area contributed by atoms with Gasteiger partial charge in [-0.1, -0.05) is 32.0 Å². The third-order valence-electron chi connectivity index (χ3n) is 5.09. The van der Waals surface area contributed by atoms with E-state index in [1.165, 1.54) is 32.4 Å². The van der Waals surface area contributed by atoms with Gasteiger partial charge in [-0.05, 0) is 44.2 Å². The highest BCUT2D eigenvalue weighted by Gasteiger charge is 2.35. The van der Waals surface area contributed by atoms with Crippen LogP contribution in [0.4, 0.5) is 0 Å². The molecule has 1 aromatic carbocycles. The van der Waals surface area contributed by atoms with E-state index in [2.05, 4.69) is 24.8 Å². The van der Waals surface area contributed by atoms with E-state index in [-0.39, 0.29) is 6.04 Å². The molecule has 0 bridgehead atoms. The Morgan fingerprint density at radius 2 is 1.95 bits per heavy atom. The van der Waals surface area contributed by atoms with E-state index >= 15 is 0 Å². The Morgan fingerprint density at radius 3 is 2.57 bits per heavy atom. The van der Waals surface area contributed by atoms with Crippen LogP contribution in [0.15, 0.2) is 24.3 Å². The van der Waals surface area contributed by atoms with Gasteiger partial charge in [0.2, 0.25) is 0 Å². The number of hydrogen-bond donors (Lipinski definition) is 1. The summed E-state index contributed by atoms with van der Waals surface area (Å²) in [7, 11) is 0. The van der Waals surface area contributed by atoms with Gasteiger partial charge in [-0.3, -0.25) is 0 Å². The van der Waals surface area contributed by atoms with Crippen molar-refractivity contribution in [1.29, 1.82) is 0 Å². The second kappa shape index (κ2) is 7.28. The predicted molar refractivity (Wildman–Crippen MR) is 88.6 cm³/mol. The zero-order chi connectivity index (χ0) is 15.3. The van der Waals surface area contributed by atoms with Crippen LogP contribution in [0.5, 0.6) is 5.75 Å². The van der Waals surface area contributed by atoms with E-state index < -0.39 is 0 Å². The molecule has 2 rings (SSSR count). The fourth-order valence-corrected chi connectivity index (χ4v) is 3.46. The van der Waals surface area contributed by atoms with Crippen LogP contribution in [0.25, 0.3) is 0 Å². The molecular weight excluding hydrogens is 260 g/mol. The highest BCUT2D eigenvalue weighted by Crippen LogP contribution is 2.37. The molecule has 1 atom stereocenters. The molecule has 1 aliphatic rings. The maximum absolute atomic E-state index is 6.46. The van der Waals surface area contributed by atoms with Crippen molar-refractivity contribution in [2.24, 2.45) is 11.1 Å². The zero-order valence-corrected chi connectivity index (χ0v) is 13.8. The van der Waals surface area contributed by atoms with Crippen LogP contribution in [-0.4, -0.2) is 31.1 Å². The molecule has 1 aliphatic heterocycles. The van der Waals surface area contributed by atoms with Crippen molar-refractivity contribution in [3.63, 3.8) is 0 Å². The number of rotatable bonds is 7. The smallest absolute Gasteiger partial charge is 0.124 e. The molecule has 1 fully saturated rings. The fraction of sp³-hybridized carbons (Fsp3) is 0.667. The van der Waals surface area contributed by atoms with Gasteiger partial charge in [0.25, 0.3) is 0 Å². The van der Waals surface area contributed by atoms with Crippen LogP contribution < -0.4 is 10.5 Å². The summed E-state index contributed by atoms with van der Waals surface area (Å²) in [5.41, 5.74) is 8.10. The third-order valence-corrected chi connectivity index (χ3v) is 5.09.